The molecule has 3 heteroatoms. The standard InChI is InChI=1S/C25H23N3/c1-27-22-13-7-6-12-19(22)24-21(17-26)23(28-14-8-3-9-15-28)16-20(25(24)27)18-10-4-2-5-11-18/h2,4-7,10-13,16H,3,8-9,14-15H2,1H3. The van der Waals surface area contributed by atoms with E-state index in [1.54, 1.807) is 0 Å². The summed E-state index contributed by atoms with van der Waals surface area (Å²) in [6.07, 6.45) is 3.67. The number of nitrogens with zero attached hydrogens (tertiary/aromatic N) is 3. The van der Waals surface area contributed by atoms with E-state index in [-0.39, 0.29) is 0 Å². The summed E-state index contributed by atoms with van der Waals surface area (Å²) in [6.45, 7) is 2.05. The first-order valence-corrected chi connectivity index (χ1v) is 10.0. The summed E-state index contributed by atoms with van der Waals surface area (Å²) in [6, 6.07) is 23.8. The molecule has 3 aromatic carbocycles. The van der Waals surface area contributed by atoms with Gasteiger partial charge in [-0.05, 0) is 37.0 Å². The Kier molecular flexibility index (Phi) is 4.06. The van der Waals surface area contributed by atoms with E-state index in [1.165, 1.54) is 35.9 Å². The molecule has 0 saturated carbocycles. The van der Waals surface area contributed by atoms with Gasteiger partial charge >= 0.3 is 0 Å². The Labute approximate surface area is 165 Å². The van der Waals surface area contributed by atoms with E-state index < -0.39 is 0 Å². The van der Waals surface area contributed by atoms with Crippen molar-refractivity contribution in [3.63, 3.8) is 0 Å². The average molecular weight is 365 g/mol. The van der Waals surface area contributed by atoms with Gasteiger partial charge in [0.25, 0.3) is 0 Å². The van der Waals surface area contributed by atoms with Gasteiger partial charge in [0.2, 0.25) is 0 Å². The van der Waals surface area contributed by atoms with Crippen LogP contribution in [0.15, 0.2) is 60.7 Å². The van der Waals surface area contributed by atoms with E-state index in [0.29, 0.717) is 0 Å². The molecule has 0 atom stereocenters. The molecule has 28 heavy (non-hydrogen) atoms. The zero-order valence-electron chi connectivity index (χ0n) is 16.2. The van der Waals surface area contributed by atoms with Gasteiger partial charge in [0.15, 0.2) is 0 Å². The van der Waals surface area contributed by atoms with Crippen LogP contribution in [0.1, 0.15) is 24.8 Å². The van der Waals surface area contributed by atoms with Crippen LogP contribution in [0.2, 0.25) is 0 Å². The number of para-hydroxylation sites is 1. The Morgan fingerprint density at radius 2 is 1.61 bits per heavy atom. The summed E-state index contributed by atoms with van der Waals surface area (Å²) < 4.78 is 2.24. The Morgan fingerprint density at radius 3 is 2.36 bits per heavy atom. The van der Waals surface area contributed by atoms with Crippen LogP contribution in [0, 0.1) is 11.3 Å². The molecule has 1 aliphatic rings. The third-order valence-corrected chi connectivity index (χ3v) is 6.04. The molecule has 1 aromatic heterocycles. The lowest BCUT2D eigenvalue weighted by molar-refractivity contribution is 0.578. The predicted octanol–water partition coefficient (Wildman–Crippen LogP) is 5.86. The van der Waals surface area contributed by atoms with Crippen LogP contribution in [0.4, 0.5) is 5.69 Å². The fraction of sp³-hybridized carbons (Fsp3) is 0.240. The van der Waals surface area contributed by atoms with E-state index in [9.17, 15) is 5.26 Å². The van der Waals surface area contributed by atoms with E-state index in [0.717, 1.165) is 40.6 Å². The van der Waals surface area contributed by atoms with Gasteiger partial charge in [0.1, 0.15) is 6.07 Å². The molecule has 138 valence electrons. The number of piperidine rings is 1. The van der Waals surface area contributed by atoms with Gasteiger partial charge in [0, 0.05) is 42.0 Å². The molecule has 1 fully saturated rings. The summed E-state index contributed by atoms with van der Waals surface area (Å²) in [5.74, 6) is 0. The molecular weight excluding hydrogens is 342 g/mol. The van der Waals surface area contributed by atoms with Gasteiger partial charge < -0.3 is 9.47 Å². The smallest absolute Gasteiger partial charge is 0.102 e. The first kappa shape index (κ1) is 16.9. The third-order valence-electron chi connectivity index (χ3n) is 6.04. The SMILES string of the molecule is Cn1c2ccccc2c2c(C#N)c(N3CCCCC3)cc(-c3ccccc3)c21. The van der Waals surface area contributed by atoms with Crippen molar-refractivity contribution >= 4 is 27.5 Å². The first-order chi connectivity index (χ1) is 13.8. The Bertz CT molecular complexity index is 1210. The highest BCUT2D eigenvalue weighted by Crippen LogP contribution is 2.42. The second-order valence-electron chi connectivity index (χ2n) is 7.64. The van der Waals surface area contributed by atoms with Gasteiger partial charge in [-0.1, -0.05) is 48.5 Å². The average Bonchev–Trinajstić information content (AvgIpc) is 3.07. The van der Waals surface area contributed by atoms with Crippen LogP contribution < -0.4 is 4.90 Å². The number of benzene rings is 3. The second-order valence-corrected chi connectivity index (χ2v) is 7.64. The first-order valence-electron chi connectivity index (χ1n) is 10.0. The monoisotopic (exact) mass is 365 g/mol. The van der Waals surface area contributed by atoms with Crippen LogP contribution in [-0.4, -0.2) is 17.7 Å². The van der Waals surface area contributed by atoms with Gasteiger partial charge in [0.05, 0.1) is 16.8 Å². The van der Waals surface area contributed by atoms with Crippen molar-refractivity contribution in [1.82, 2.24) is 4.57 Å². The molecule has 1 aliphatic heterocycles. The van der Waals surface area contributed by atoms with Gasteiger partial charge in [-0.15, -0.1) is 0 Å². The normalized spacial score (nSPS) is 14.5. The summed E-state index contributed by atoms with van der Waals surface area (Å²) in [4.78, 5) is 2.41. The van der Waals surface area contributed by atoms with Crippen molar-refractivity contribution in [3.05, 3.63) is 66.2 Å². The van der Waals surface area contributed by atoms with Crippen LogP contribution in [-0.2, 0) is 7.05 Å². The quantitative estimate of drug-likeness (QED) is 0.445. The lowest BCUT2D eigenvalue weighted by Gasteiger charge is -2.30. The van der Waals surface area contributed by atoms with E-state index in [2.05, 4.69) is 83.2 Å². The number of aryl methyl sites for hydroxylation is 1. The van der Waals surface area contributed by atoms with Crippen molar-refractivity contribution in [3.8, 4) is 17.2 Å². The highest BCUT2D eigenvalue weighted by molar-refractivity contribution is 6.17. The maximum absolute atomic E-state index is 10.2. The minimum Gasteiger partial charge on any atom is -0.370 e. The van der Waals surface area contributed by atoms with Crippen molar-refractivity contribution < 1.29 is 0 Å². The fourth-order valence-corrected chi connectivity index (χ4v) is 4.70. The topological polar surface area (TPSA) is 32.0 Å². The molecule has 0 amide bonds. The molecular formula is C25H23N3. The molecule has 0 spiro atoms. The summed E-state index contributed by atoms with van der Waals surface area (Å²) in [5.41, 5.74) is 6.61. The Morgan fingerprint density at radius 1 is 0.893 bits per heavy atom. The van der Waals surface area contributed by atoms with Crippen molar-refractivity contribution in [2.24, 2.45) is 7.05 Å². The van der Waals surface area contributed by atoms with Crippen LogP contribution in [0.3, 0.4) is 0 Å². The van der Waals surface area contributed by atoms with Crippen LogP contribution >= 0.6 is 0 Å². The highest BCUT2D eigenvalue weighted by Gasteiger charge is 2.23. The van der Waals surface area contributed by atoms with Crippen molar-refractivity contribution in [2.75, 3.05) is 18.0 Å². The molecule has 0 N–H and O–H groups in total. The minimum absolute atomic E-state index is 0.813. The molecule has 0 unspecified atom stereocenters. The molecule has 5 rings (SSSR count). The van der Waals surface area contributed by atoms with Gasteiger partial charge in [-0.2, -0.15) is 5.26 Å². The largest absolute Gasteiger partial charge is 0.370 e. The number of hydrogen-bond donors (Lipinski definition) is 0. The number of hydrogen-bond acceptors (Lipinski definition) is 2. The number of fused-ring (bicyclic) bond motifs is 3. The van der Waals surface area contributed by atoms with Crippen molar-refractivity contribution in [1.29, 1.82) is 5.26 Å². The maximum Gasteiger partial charge on any atom is 0.102 e. The fourth-order valence-electron chi connectivity index (χ4n) is 4.70. The summed E-state index contributed by atoms with van der Waals surface area (Å²) >= 11 is 0. The molecule has 1 saturated heterocycles. The highest BCUT2D eigenvalue weighted by atomic mass is 15.1. The molecule has 2 heterocycles. The van der Waals surface area contributed by atoms with E-state index in [4.69, 9.17) is 0 Å². The second kappa shape index (κ2) is 6.73. The summed E-state index contributed by atoms with van der Waals surface area (Å²) in [7, 11) is 2.11. The maximum atomic E-state index is 10.2. The molecule has 0 bridgehead atoms. The number of rotatable bonds is 2. The lowest BCUT2D eigenvalue weighted by atomic mass is 9.95. The van der Waals surface area contributed by atoms with Gasteiger partial charge in [-0.3, -0.25) is 0 Å². The molecule has 0 aliphatic carbocycles. The zero-order valence-corrected chi connectivity index (χ0v) is 16.2. The number of aromatic nitrogens is 1. The number of anilines is 1. The van der Waals surface area contributed by atoms with Crippen LogP contribution in [0.25, 0.3) is 32.9 Å². The molecule has 0 radical (unpaired) electrons. The lowest BCUT2D eigenvalue weighted by Crippen LogP contribution is -2.30. The summed E-state index contributed by atoms with van der Waals surface area (Å²) in [5, 5.41) is 12.4. The predicted molar refractivity (Wildman–Crippen MR) is 117 cm³/mol. The van der Waals surface area contributed by atoms with Crippen molar-refractivity contribution in [2.45, 2.75) is 19.3 Å². The van der Waals surface area contributed by atoms with Crippen LogP contribution in [0.5, 0.6) is 0 Å². The zero-order chi connectivity index (χ0) is 19.1. The number of nitriles is 1. The Hall–Kier alpha value is -3.25. The van der Waals surface area contributed by atoms with Gasteiger partial charge in [-0.25, -0.2) is 0 Å². The minimum atomic E-state index is 0.813. The third kappa shape index (κ3) is 2.49. The van der Waals surface area contributed by atoms with E-state index in [1.807, 2.05) is 0 Å². The molecule has 3 nitrogen and oxygen atoms in total. The molecule has 4 aromatic rings. The van der Waals surface area contributed by atoms with E-state index >= 15 is 0 Å². The Balaban J connectivity index is 1.94.